The Labute approximate surface area is 120 Å². The van der Waals surface area contributed by atoms with Gasteiger partial charge in [0.15, 0.2) is 0 Å². The summed E-state index contributed by atoms with van der Waals surface area (Å²) in [6.07, 6.45) is 3.33. The van der Waals surface area contributed by atoms with E-state index in [9.17, 15) is 9.59 Å². The van der Waals surface area contributed by atoms with Crippen LogP contribution in [0.3, 0.4) is 0 Å². The second-order valence-corrected chi connectivity index (χ2v) is 5.17. The number of carbonyl (C=O) groups excluding carboxylic acids is 2. The summed E-state index contributed by atoms with van der Waals surface area (Å²) in [4.78, 5) is 25.9. The fraction of sp³-hybridized carbons (Fsp3) is 0.500. The van der Waals surface area contributed by atoms with Crippen LogP contribution in [0, 0.1) is 0 Å². The third kappa shape index (κ3) is 3.67. The molecular formula is C16H22N2O2. The highest BCUT2D eigenvalue weighted by molar-refractivity contribution is 6.42. The molecule has 4 heteroatoms. The van der Waals surface area contributed by atoms with Crippen molar-refractivity contribution in [2.24, 2.45) is 0 Å². The Hall–Kier alpha value is -1.68. The maximum absolute atomic E-state index is 12.2. The minimum absolute atomic E-state index is 0.382. The summed E-state index contributed by atoms with van der Waals surface area (Å²) in [5.41, 5.74) is 1.71. The van der Waals surface area contributed by atoms with E-state index < -0.39 is 5.78 Å². The maximum atomic E-state index is 12.2. The number of hydrogen-bond acceptors (Lipinski definition) is 3. The van der Waals surface area contributed by atoms with Crippen LogP contribution in [0.4, 0.5) is 0 Å². The van der Waals surface area contributed by atoms with Crippen molar-refractivity contribution in [2.75, 3.05) is 26.2 Å². The third-order valence-electron chi connectivity index (χ3n) is 3.63. The first kappa shape index (κ1) is 14.7. The number of piperazine rings is 1. The second kappa shape index (κ2) is 7.20. The molecule has 108 valence electrons. The molecule has 0 spiro atoms. The van der Waals surface area contributed by atoms with E-state index in [0.717, 1.165) is 32.4 Å². The second-order valence-electron chi connectivity index (χ2n) is 5.17. The largest absolute Gasteiger partial charge is 0.333 e. The molecule has 1 saturated heterocycles. The van der Waals surface area contributed by atoms with Gasteiger partial charge in [0.05, 0.1) is 0 Å². The summed E-state index contributed by atoms with van der Waals surface area (Å²) in [7, 11) is 0. The van der Waals surface area contributed by atoms with Gasteiger partial charge in [0, 0.05) is 31.7 Å². The lowest BCUT2D eigenvalue weighted by Gasteiger charge is -2.26. The van der Waals surface area contributed by atoms with Crippen LogP contribution in [-0.4, -0.2) is 42.8 Å². The van der Waals surface area contributed by atoms with Gasteiger partial charge in [0.1, 0.15) is 0 Å². The van der Waals surface area contributed by atoms with Crippen molar-refractivity contribution >= 4 is 11.7 Å². The lowest BCUT2D eigenvalue weighted by molar-refractivity contribution is -0.126. The molecule has 1 N–H and O–H groups in total. The van der Waals surface area contributed by atoms with Crippen molar-refractivity contribution in [2.45, 2.75) is 26.2 Å². The van der Waals surface area contributed by atoms with Crippen molar-refractivity contribution in [1.29, 1.82) is 0 Å². The Morgan fingerprint density at radius 3 is 2.40 bits per heavy atom. The Kier molecular flexibility index (Phi) is 5.30. The molecule has 1 aliphatic rings. The van der Waals surface area contributed by atoms with E-state index in [4.69, 9.17) is 0 Å². The lowest BCUT2D eigenvalue weighted by atomic mass is 10.0. The number of Topliss-reactive ketones (excluding diaryl/α,β-unsaturated/α-hetero) is 1. The van der Waals surface area contributed by atoms with E-state index in [-0.39, 0.29) is 5.91 Å². The molecule has 0 aromatic heterocycles. The van der Waals surface area contributed by atoms with Gasteiger partial charge in [-0.25, -0.2) is 0 Å². The normalized spacial score (nSPS) is 15.2. The summed E-state index contributed by atoms with van der Waals surface area (Å²) < 4.78 is 0. The van der Waals surface area contributed by atoms with Crippen molar-refractivity contribution in [3.8, 4) is 0 Å². The number of benzene rings is 1. The zero-order chi connectivity index (χ0) is 14.4. The average Bonchev–Trinajstić information content (AvgIpc) is 2.53. The molecule has 1 aliphatic heterocycles. The number of ketones is 1. The number of nitrogens with zero attached hydrogens (tertiary/aromatic N) is 1. The molecule has 1 fully saturated rings. The highest BCUT2D eigenvalue weighted by atomic mass is 16.2. The molecule has 0 unspecified atom stereocenters. The number of carbonyl (C=O) groups is 2. The van der Waals surface area contributed by atoms with Crippen molar-refractivity contribution < 1.29 is 9.59 Å². The Morgan fingerprint density at radius 1 is 1.15 bits per heavy atom. The van der Waals surface area contributed by atoms with Crippen LogP contribution in [0.2, 0.25) is 0 Å². The Bertz CT molecular complexity index is 462. The van der Waals surface area contributed by atoms with Crippen LogP contribution in [-0.2, 0) is 11.2 Å². The minimum Gasteiger partial charge on any atom is -0.333 e. The first-order chi connectivity index (χ1) is 9.72. The summed E-state index contributed by atoms with van der Waals surface area (Å²) in [6.45, 7) is 4.90. The van der Waals surface area contributed by atoms with Gasteiger partial charge in [0.2, 0.25) is 5.78 Å². The molecule has 1 aromatic rings. The molecular weight excluding hydrogens is 252 g/mol. The zero-order valence-electron chi connectivity index (χ0n) is 12.0. The SMILES string of the molecule is CCCCc1ccc(C(=O)C(=O)N2CCNCC2)cc1. The summed E-state index contributed by atoms with van der Waals surface area (Å²) >= 11 is 0. The van der Waals surface area contributed by atoms with Gasteiger partial charge in [-0.05, 0) is 18.4 Å². The molecule has 1 amide bonds. The van der Waals surface area contributed by atoms with Gasteiger partial charge >= 0.3 is 0 Å². The highest BCUT2D eigenvalue weighted by Crippen LogP contribution is 2.10. The quantitative estimate of drug-likeness (QED) is 0.656. The van der Waals surface area contributed by atoms with Crippen molar-refractivity contribution in [3.63, 3.8) is 0 Å². The fourth-order valence-corrected chi connectivity index (χ4v) is 2.34. The van der Waals surface area contributed by atoms with E-state index in [0.29, 0.717) is 18.7 Å². The maximum Gasteiger partial charge on any atom is 0.295 e. The van der Waals surface area contributed by atoms with Crippen LogP contribution < -0.4 is 5.32 Å². The van der Waals surface area contributed by atoms with E-state index in [1.54, 1.807) is 17.0 Å². The molecule has 4 nitrogen and oxygen atoms in total. The molecule has 0 saturated carbocycles. The first-order valence-electron chi connectivity index (χ1n) is 7.35. The summed E-state index contributed by atoms with van der Waals surface area (Å²) in [6, 6.07) is 7.45. The molecule has 2 rings (SSSR count). The van der Waals surface area contributed by atoms with Gasteiger partial charge in [-0.2, -0.15) is 0 Å². The molecule has 1 heterocycles. The van der Waals surface area contributed by atoms with Crippen LogP contribution in [0.15, 0.2) is 24.3 Å². The van der Waals surface area contributed by atoms with Gasteiger partial charge in [-0.3, -0.25) is 9.59 Å². The van der Waals surface area contributed by atoms with E-state index in [2.05, 4.69) is 12.2 Å². The number of rotatable bonds is 5. The van der Waals surface area contributed by atoms with E-state index in [1.165, 1.54) is 5.56 Å². The number of nitrogens with one attached hydrogen (secondary N) is 1. The predicted molar refractivity (Wildman–Crippen MR) is 78.8 cm³/mol. The Morgan fingerprint density at radius 2 is 1.80 bits per heavy atom. The van der Waals surface area contributed by atoms with Crippen LogP contribution >= 0.6 is 0 Å². The van der Waals surface area contributed by atoms with Crippen LogP contribution in [0.25, 0.3) is 0 Å². The molecule has 0 radical (unpaired) electrons. The smallest absolute Gasteiger partial charge is 0.295 e. The zero-order valence-corrected chi connectivity index (χ0v) is 12.0. The summed E-state index contributed by atoms with van der Waals surface area (Å²) in [5, 5.41) is 3.17. The predicted octanol–water partition coefficient (Wildman–Crippen LogP) is 1.64. The monoisotopic (exact) mass is 274 g/mol. The van der Waals surface area contributed by atoms with Crippen molar-refractivity contribution in [3.05, 3.63) is 35.4 Å². The van der Waals surface area contributed by atoms with Gasteiger partial charge in [0.25, 0.3) is 5.91 Å². The lowest BCUT2D eigenvalue weighted by Crippen LogP contribution is -2.48. The number of amides is 1. The standard InChI is InChI=1S/C16H22N2O2/c1-2-3-4-13-5-7-14(8-6-13)15(19)16(20)18-11-9-17-10-12-18/h5-8,17H,2-4,9-12H2,1H3. The van der Waals surface area contributed by atoms with E-state index >= 15 is 0 Å². The van der Waals surface area contributed by atoms with Gasteiger partial charge in [-0.1, -0.05) is 37.6 Å². The van der Waals surface area contributed by atoms with E-state index in [1.807, 2.05) is 12.1 Å². The number of aryl methyl sites for hydroxylation is 1. The first-order valence-corrected chi connectivity index (χ1v) is 7.35. The van der Waals surface area contributed by atoms with Gasteiger partial charge < -0.3 is 10.2 Å². The Balaban J connectivity index is 1.99. The average molecular weight is 274 g/mol. The van der Waals surface area contributed by atoms with Crippen LogP contribution in [0.1, 0.15) is 35.7 Å². The molecule has 20 heavy (non-hydrogen) atoms. The molecule has 0 atom stereocenters. The molecule has 1 aromatic carbocycles. The summed E-state index contributed by atoms with van der Waals surface area (Å²) in [5.74, 6) is -0.776. The molecule has 0 bridgehead atoms. The van der Waals surface area contributed by atoms with Crippen LogP contribution in [0.5, 0.6) is 0 Å². The minimum atomic E-state index is -0.394. The fourth-order valence-electron chi connectivity index (χ4n) is 2.34. The van der Waals surface area contributed by atoms with Crippen molar-refractivity contribution in [1.82, 2.24) is 10.2 Å². The third-order valence-corrected chi connectivity index (χ3v) is 3.63. The number of unbranched alkanes of at least 4 members (excludes halogenated alkanes) is 1. The highest BCUT2D eigenvalue weighted by Gasteiger charge is 2.24. The topological polar surface area (TPSA) is 49.4 Å². The number of hydrogen-bond donors (Lipinski definition) is 1. The molecule has 0 aliphatic carbocycles. The van der Waals surface area contributed by atoms with Gasteiger partial charge in [-0.15, -0.1) is 0 Å².